The van der Waals surface area contributed by atoms with Crippen LogP contribution in [0.25, 0.3) is 0 Å². The number of rotatable bonds is 5. The Hall–Kier alpha value is -2.42. The minimum Gasteiger partial charge on any atom is -0.365 e. The molecule has 0 spiro atoms. The highest BCUT2D eigenvalue weighted by Gasteiger charge is 2.31. The number of likely N-dealkylation sites (N-methyl/N-ethyl adjacent to an activating group) is 1. The van der Waals surface area contributed by atoms with Gasteiger partial charge in [-0.2, -0.15) is 13.2 Å². The number of halogens is 5. The van der Waals surface area contributed by atoms with Crippen molar-refractivity contribution in [3.8, 4) is 0 Å². The van der Waals surface area contributed by atoms with Crippen LogP contribution in [0.4, 0.5) is 28.9 Å². The van der Waals surface area contributed by atoms with Gasteiger partial charge in [0.25, 0.3) is 0 Å². The summed E-state index contributed by atoms with van der Waals surface area (Å²) in [5.74, 6) is -1.23. The van der Waals surface area contributed by atoms with E-state index in [4.69, 9.17) is 0 Å². The molecule has 0 aliphatic carbocycles. The number of hydrogen-bond acceptors (Lipinski definition) is 3. The van der Waals surface area contributed by atoms with Gasteiger partial charge in [-0.1, -0.05) is 15.9 Å². The average Bonchev–Trinajstić information content (AvgIpc) is 2.55. The van der Waals surface area contributed by atoms with E-state index >= 15 is 0 Å². The topological polar surface area (TPSA) is 49.4 Å². The number of benzene rings is 2. The monoisotopic (exact) mass is 432 g/mol. The molecule has 2 aromatic carbocycles. The summed E-state index contributed by atoms with van der Waals surface area (Å²) in [4.78, 5) is 24.5. The molecular formula is C17H13BrF4N2O2. The Morgan fingerprint density at radius 3 is 2.50 bits per heavy atom. The Bertz CT molecular complexity index is 840. The van der Waals surface area contributed by atoms with E-state index in [1.54, 1.807) is 6.07 Å². The minimum atomic E-state index is -4.58. The molecule has 0 aliphatic heterocycles. The highest BCUT2D eigenvalue weighted by molar-refractivity contribution is 9.10. The van der Waals surface area contributed by atoms with Gasteiger partial charge >= 0.3 is 6.18 Å². The van der Waals surface area contributed by atoms with Gasteiger partial charge < -0.3 is 10.2 Å². The molecule has 1 amide bonds. The first-order chi connectivity index (χ1) is 12.1. The maximum Gasteiger partial charge on any atom is 0.416 e. The van der Waals surface area contributed by atoms with Crippen molar-refractivity contribution in [3.63, 3.8) is 0 Å². The lowest BCUT2D eigenvalue weighted by molar-refractivity contribution is -0.137. The first-order valence-electron chi connectivity index (χ1n) is 7.24. The van der Waals surface area contributed by atoms with E-state index in [9.17, 15) is 27.2 Å². The third kappa shape index (κ3) is 4.81. The van der Waals surface area contributed by atoms with Gasteiger partial charge in [0, 0.05) is 22.8 Å². The largest absolute Gasteiger partial charge is 0.416 e. The molecule has 9 heteroatoms. The zero-order valence-electron chi connectivity index (χ0n) is 13.4. The Labute approximate surface area is 154 Å². The maximum absolute atomic E-state index is 13.7. The fourth-order valence-electron chi connectivity index (χ4n) is 2.25. The summed E-state index contributed by atoms with van der Waals surface area (Å²) >= 11 is 3.09. The summed E-state index contributed by atoms with van der Waals surface area (Å²) in [7, 11) is 1.44. The Morgan fingerprint density at radius 1 is 1.23 bits per heavy atom. The molecule has 0 radical (unpaired) electrons. The second-order valence-corrected chi connectivity index (χ2v) is 6.33. The molecule has 0 saturated carbocycles. The summed E-state index contributed by atoms with van der Waals surface area (Å²) in [5.41, 5.74) is -1.04. The van der Waals surface area contributed by atoms with Crippen LogP contribution in [0.3, 0.4) is 0 Å². The summed E-state index contributed by atoms with van der Waals surface area (Å²) in [6.07, 6.45) is -4.29. The molecule has 2 aromatic rings. The van der Waals surface area contributed by atoms with E-state index in [-0.39, 0.29) is 29.8 Å². The number of aldehydes is 1. The van der Waals surface area contributed by atoms with Gasteiger partial charge in [-0.15, -0.1) is 0 Å². The molecular weight excluding hydrogens is 420 g/mol. The molecule has 1 N–H and O–H groups in total. The summed E-state index contributed by atoms with van der Waals surface area (Å²) in [6, 6.07) is 6.74. The number of alkyl halides is 3. The number of anilines is 2. The molecule has 2 rings (SSSR count). The van der Waals surface area contributed by atoms with E-state index < -0.39 is 23.5 Å². The van der Waals surface area contributed by atoms with Crippen LogP contribution in [-0.2, 0) is 11.0 Å². The molecule has 0 fully saturated rings. The fourth-order valence-corrected chi connectivity index (χ4v) is 2.59. The van der Waals surface area contributed by atoms with Crippen molar-refractivity contribution in [2.45, 2.75) is 6.18 Å². The molecule has 4 nitrogen and oxygen atoms in total. The number of nitrogens with zero attached hydrogens (tertiary/aromatic N) is 1. The van der Waals surface area contributed by atoms with Crippen molar-refractivity contribution in [2.24, 2.45) is 0 Å². The van der Waals surface area contributed by atoms with Crippen LogP contribution in [0.5, 0.6) is 0 Å². The van der Waals surface area contributed by atoms with E-state index in [0.717, 1.165) is 12.1 Å². The van der Waals surface area contributed by atoms with Crippen LogP contribution < -0.4 is 10.2 Å². The highest BCUT2D eigenvalue weighted by Crippen LogP contribution is 2.32. The van der Waals surface area contributed by atoms with E-state index in [2.05, 4.69) is 21.2 Å². The first kappa shape index (κ1) is 19.9. The van der Waals surface area contributed by atoms with Crippen LogP contribution in [-0.4, -0.2) is 25.8 Å². The van der Waals surface area contributed by atoms with Crippen LogP contribution >= 0.6 is 15.9 Å². The van der Waals surface area contributed by atoms with Crippen molar-refractivity contribution in [3.05, 3.63) is 57.8 Å². The quantitative estimate of drug-likeness (QED) is 0.559. The van der Waals surface area contributed by atoms with Crippen molar-refractivity contribution in [1.29, 1.82) is 0 Å². The third-order valence-corrected chi connectivity index (χ3v) is 3.97. The van der Waals surface area contributed by atoms with Crippen LogP contribution in [0.15, 0.2) is 40.9 Å². The van der Waals surface area contributed by atoms with Gasteiger partial charge in [-0.05, 0) is 36.4 Å². The third-order valence-electron chi connectivity index (χ3n) is 3.48. The lowest BCUT2D eigenvalue weighted by atomic mass is 10.1. The summed E-state index contributed by atoms with van der Waals surface area (Å²) < 4.78 is 52.4. The van der Waals surface area contributed by atoms with Gasteiger partial charge in [0.05, 0.1) is 17.8 Å². The van der Waals surface area contributed by atoms with E-state index in [1.165, 1.54) is 24.1 Å². The van der Waals surface area contributed by atoms with Crippen molar-refractivity contribution >= 4 is 39.5 Å². The predicted molar refractivity (Wildman–Crippen MR) is 92.8 cm³/mol. The van der Waals surface area contributed by atoms with Gasteiger partial charge in [-0.3, -0.25) is 9.59 Å². The standard InChI is InChI=1S/C17H13BrF4N2O2/c1-24(8-16(26)23-14-4-3-12(18)7-13(14)19)15-5-2-11(17(20,21)22)6-10(15)9-25/h2-7,9H,8H2,1H3,(H,23,26). The molecule has 0 saturated heterocycles. The molecule has 0 heterocycles. The smallest absolute Gasteiger partial charge is 0.365 e. The Balaban J connectivity index is 2.15. The second-order valence-electron chi connectivity index (χ2n) is 5.42. The molecule has 0 unspecified atom stereocenters. The number of carbonyl (C=O) groups excluding carboxylic acids is 2. The Morgan fingerprint density at radius 2 is 1.92 bits per heavy atom. The number of hydrogen-bond donors (Lipinski definition) is 1. The van der Waals surface area contributed by atoms with Gasteiger partial charge in [0.1, 0.15) is 5.82 Å². The van der Waals surface area contributed by atoms with Crippen LogP contribution in [0.2, 0.25) is 0 Å². The lowest BCUT2D eigenvalue weighted by Gasteiger charge is -2.21. The number of carbonyl (C=O) groups is 2. The number of amides is 1. The average molecular weight is 433 g/mol. The van der Waals surface area contributed by atoms with Gasteiger partial charge in [-0.25, -0.2) is 4.39 Å². The van der Waals surface area contributed by atoms with Crippen LogP contribution in [0.1, 0.15) is 15.9 Å². The molecule has 26 heavy (non-hydrogen) atoms. The molecule has 138 valence electrons. The van der Waals surface area contributed by atoms with Crippen molar-refractivity contribution in [2.75, 3.05) is 23.8 Å². The summed E-state index contributed by atoms with van der Waals surface area (Å²) in [5, 5.41) is 2.37. The molecule has 0 atom stereocenters. The SMILES string of the molecule is CN(CC(=O)Nc1ccc(Br)cc1F)c1ccc(C(F)(F)F)cc1C=O. The summed E-state index contributed by atoms with van der Waals surface area (Å²) in [6.45, 7) is -0.290. The molecule has 0 aliphatic rings. The minimum absolute atomic E-state index is 0.0327. The first-order valence-corrected chi connectivity index (χ1v) is 8.03. The normalized spacial score (nSPS) is 11.2. The zero-order valence-corrected chi connectivity index (χ0v) is 15.0. The van der Waals surface area contributed by atoms with Crippen molar-refractivity contribution in [1.82, 2.24) is 0 Å². The predicted octanol–water partition coefficient (Wildman–Crippen LogP) is 4.49. The lowest BCUT2D eigenvalue weighted by Crippen LogP contribution is -2.31. The van der Waals surface area contributed by atoms with E-state index in [1.807, 2.05) is 0 Å². The number of nitrogens with one attached hydrogen (secondary N) is 1. The zero-order chi connectivity index (χ0) is 19.5. The molecule has 0 bridgehead atoms. The molecule has 0 aromatic heterocycles. The van der Waals surface area contributed by atoms with Crippen LogP contribution in [0, 0.1) is 5.82 Å². The fraction of sp³-hybridized carbons (Fsp3) is 0.176. The van der Waals surface area contributed by atoms with Gasteiger partial charge in [0.15, 0.2) is 6.29 Å². The maximum atomic E-state index is 13.7. The van der Waals surface area contributed by atoms with Gasteiger partial charge in [0.2, 0.25) is 5.91 Å². The van der Waals surface area contributed by atoms with E-state index in [0.29, 0.717) is 10.5 Å². The Kier molecular flexibility index (Phi) is 6.01. The second kappa shape index (κ2) is 7.86. The highest BCUT2D eigenvalue weighted by atomic mass is 79.9. The van der Waals surface area contributed by atoms with Crippen molar-refractivity contribution < 1.29 is 27.2 Å².